The number of carbonyl (C=O) groups is 3. The van der Waals surface area contributed by atoms with Crippen LogP contribution < -0.4 is 5.32 Å². The first-order valence-corrected chi connectivity index (χ1v) is 11.2. The zero-order chi connectivity index (χ0) is 25.7. The van der Waals surface area contributed by atoms with Gasteiger partial charge >= 0.3 is 6.18 Å². The molecule has 2 atom stereocenters. The molecule has 2 aliphatic rings. The van der Waals surface area contributed by atoms with E-state index >= 15 is 0 Å². The molecule has 3 amide bonds. The number of alkyl halides is 3. The summed E-state index contributed by atoms with van der Waals surface area (Å²) in [5, 5.41) is 5.99. The Labute approximate surface area is 211 Å². The molecule has 1 fully saturated rings. The maximum Gasteiger partial charge on any atom is 0.435 e. The number of carbonyl (C=O) groups excluding carboxylic acids is 3. The Morgan fingerprint density at radius 3 is 2.34 bits per heavy atom. The molecule has 0 aliphatic carbocycles. The first-order valence-electron chi connectivity index (χ1n) is 10.0. The highest BCUT2D eigenvalue weighted by atomic mass is 35.5. The zero-order valence-corrected chi connectivity index (χ0v) is 20.0. The van der Waals surface area contributed by atoms with Crippen LogP contribution in [0.25, 0.3) is 0 Å². The van der Waals surface area contributed by atoms with E-state index in [-0.39, 0.29) is 43.9 Å². The van der Waals surface area contributed by atoms with Gasteiger partial charge in [-0.3, -0.25) is 19.3 Å². The second-order valence-corrected chi connectivity index (χ2v) is 9.28. The number of nitrogens with one attached hydrogen (secondary N) is 1. The quantitative estimate of drug-likeness (QED) is 0.561. The third-order valence-electron chi connectivity index (χ3n) is 5.75. The fourth-order valence-electron chi connectivity index (χ4n) is 3.83. The van der Waals surface area contributed by atoms with Crippen LogP contribution in [0.3, 0.4) is 0 Å². The highest BCUT2D eigenvalue weighted by molar-refractivity contribution is 6.35. The third-order valence-corrected chi connectivity index (χ3v) is 6.50. The van der Waals surface area contributed by atoms with Crippen LogP contribution in [0.4, 0.5) is 13.2 Å². The number of nitrogens with zero attached hydrogens (tertiary/aromatic N) is 2. The Bertz CT molecular complexity index is 1260. The van der Waals surface area contributed by atoms with Gasteiger partial charge in [0.05, 0.1) is 22.7 Å². The van der Waals surface area contributed by atoms with E-state index in [4.69, 9.17) is 39.6 Å². The average molecular weight is 549 g/mol. The molecule has 2 aromatic carbocycles. The minimum Gasteiger partial charge on any atom is -0.374 e. The maximum absolute atomic E-state index is 14.2. The summed E-state index contributed by atoms with van der Waals surface area (Å²) < 4.78 is 42.5. The molecule has 1 unspecified atom stereocenters. The molecule has 0 saturated carbocycles. The summed E-state index contributed by atoms with van der Waals surface area (Å²) in [6.07, 6.45) is -5.74. The number of hydrogen-bond donors (Lipinski definition) is 1. The molecule has 184 valence electrons. The van der Waals surface area contributed by atoms with Gasteiger partial charge in [-0.1, -0.05) is 46.0 Å². The van der Waals surface area contributed by atoms with Gasteiger partial charge in [0.1, 0.15) is 6.04 Å². The lowest BCUT2D eigenvalue weighted by atomic mass is 9.86. The Kier molecular flexibility index (Phi) is 6.50. The van der Waals surface area contributed by atoms with Crippen molar-refractivity contribution in [3.8, 4) is 0 Å². The molecule has 1 N–H and O–H groups in total. The highest BCUT2D eigenvalue weighted by Gasteiger charge is 2.62. The Morgan fingerprint density at radius 2 is 1.80 bits per heavy atom. The molecule has 7 nitrogen and oxygen atoms in total. The first-order chi connectivity index (χ1) is 16.3. The Balaban J connectivity index is 1.57. The molecule has 0 bridgehead atoms. The van der Waals surface area contributed by atoms with Gasteiger partial charge in [0.15, 0.2) is 0 Å². The average Bonchev–Trinajstić information content (AvgIpc) is 3.32. The van der Waals surface area contributed by atoms with E-state index in [0.717, 1.165) is 17.0 Å². The van der Waals surface area contributed by atoms with Crippen molar-refractivity contribution >= 4 is 58.2 Å². The summed E-state index contributed by atoms with van der Waals surface area (Å²) in [6, 6.07) is 6.38. The molecule has 13 heteroatoms. The van der Waals surface area contributed by atoms with Crippen LogP contribution in [0.5, 0.6) is 0 Å². The van der Waals surface area contributed by atoms with Crippen molar-refractivity contribution in [2.24, 2.45) is 5.16 Å². The fraction of sp³-hybridized carbons (Fsp3) is 0.273. The number of likely N-dealkylation sites (tertiary alicyclic amines) is 1. The van der Waals surface area contributed by atoms with E-state index in [1.165, 1.54) is 31.3 Å². The van der Waals surface area contributed by atoms with E-state index in [1.54, 1.807) is 0 Å². The van der Waals surface area contributed by atoms with Gasteiger partial charge in [-0.15, -0.1) is 0 Å². The molecule has 2 aliphatic heterocycles. The smallest absolute Gasteiger partial charge is 0.374 e. The molecule has 0 radical (unpaired) electrons. The van der Waals surface area contributed by atoms with E-state index in [0.29, 0.717) is 0 Å². The number of amides is 3. The van der Waals surface area contributed by atoms with Crippen molar-refractivity contribution in [3.05, 3.63) is 68.2 Å². The van der Waals surface area contributed by atoms with Crippen molar-refractivity contribution < 1.29 is 32.4 Å². The number of oxime groups is 1. The molecule has 1 saturated heterocycles. The van der Waals surface area contributed by atoms with Gasteiger partial charge in [-0.25, -0.2) is 0 Å². The largest absolute Gasteiger partial charge is 0.435 e. The summed E-state index contributed by atoms with van der Waals surface area (Å²) in [5.74, 6) is -1.71. The van der Waals surface area contributed by atoms with E-state index in [2.05, 4.69) is 10.5 Å². The van der Waals surface area contributed by atoms with E-state index in [1.807, 2.05) is 0 Å². The third kappa shape index (κ3) is 4.57. The van der Waals surface area contributed by atoms with Crippen molar-refractivity contribution in [3.63, 3.8) is 0 Å². The number of likely N-dealkylation sites (N-methyl/N-ethyl adjacent to an activating group) is 1. The van der Waals surface area contributed by atoms with Crippen molar-refractivity contribution in [2.75, 3.05) is 7.05 Å². The number of rotatable bonds is 4. The zero-order valence-electron chi connectivity index (χ0n) is 17.8. The van der Waals surface area contributed by atoms with Crippen molar-refractivity contribution in [1.82, 2.24) is 10.2 Å². The second-order valence-electron chi connectivity index (χ2n) is 8.00. The van der Waals surface area contributed by atoms with Gasteiger partial charge in [0, 0.05) is 34.6 Å². The molecule has 2 aromatic rings. The minimum absolute atomic E-state index is 0.000206. The fourth-order valence-corrected chi connectivity index (χ4v) is 4.62. The topological polar surface area (TPSA) is 88.1 Å². The second kappa shape index (κ2) is 9.00. The van der Waals surface area contributed by atoms with Gasteiger partial charge in [0.25, 0.3) is 17.4 Å². The number of benzene rings is 2. The highest BCUT2D eigenvalue weighted by Crippen LogP contribution is 2.49. The Hall–Kier alpha value is -2.82. The molecule has 0 spiro atoms. The Morgan fingerprint density at radius 1 is 1.14 bits per heavy atom. The standard InChI is InChI=1S/C22H15Cl3F3N3O4/c1-31-18(32)8-16(20(31)34)29-19(33)14-3-2-10(4-15(14)25)17-9-21(35-30-17,22(26,27)28)11-5-12(23)7-13(24)6-11/h2-7,16H,8-9H2,1H3,(H,29,33)/t16-,21?/m1/s1. The molecule has 0 aromatic heterocycles. The van der Waals surface area contributed by atoms with Gasteiger partial charge in [-0.05, 0) is 30.3 Å². The summed E-state index contributed by atoms with van der Waals surface area (Å²) in [6.45, 7) is 0. The van der Waals surface area contributed by atoms with Crippen LogP contribution in [0.15, 0.2) is 41.6 Å². The van der Waals surface area contributed by atoms with E-state index in [9.17, 15) is 27.6 Å². The summed E-state index contributed by atoms with van der Waals surface area (Å²) in [7, 11) is 1.31. The number of hydrogen-bond acceptors (Lipinski definition) is 5. The van der Waals surface area contributed by atoms with Crippen LogP contribution in [0, 0.1) is 0 Å². The molecular weight excluding hydrogens is 534 g/mol. The normalized spacial score (nSPS) is 22.3. The lowest BCUT2D eigenvalue weighted by Gasteiger charge is -2.29. The van der Waals surface area contributed by atoms with Crippen LogP contribution in [-0.4, -0.2) is 47.6 Å². The van der Waals surface area contributed by atoms with Crippen LogP contribution >= 0.6 is 34.8 Å². The monoisotopic (exact) mass is 547 g/mol. The number of imide groups is 1. The lowest BCUT2D eigenvalue weighted by Crippen LogP contribution is -2.42. The molecule has 2 heterocycles. The predicted molar refractivity (Wildman–Crippen MR) is 122 cm³/mol. The summed E-state index contributed by atoms with van der Waals surface area (Å²) in [5.41, 5.74) is -3.04. The lowest BCUT2D eigenvalue weighted by molar-refractivity contribution is -0.275. The van der Waals surface area contributed by atoms with Crippen LogP contribution in [0.1, 0.15) is 34.3 Å². The maximum atomic E-state index is 14.2. The van der Waals surface area contributed by atoms with E-state index < -0.39 is 42.0 Å². The minimum atomic E-state index is -4.87. The van der Waals surface area contributed by atoms with Crippen molar-refractivity contribution in [2.45, 2.75) is 30.7 Å². The first kappa shape index (κ1) is 25.3. The summed E-state index contributed by atoms with van der Waals surface area (Å²) >= 11 is 18.0. The number of halogens is 6. The van der Waals surface area contributed by atoms with Crippen LogP contribution in [0.2, 0.25) is 15.1 Å². The summed E-state index contributed by atoms with van der Waals surface area (Å²) in [4.78, 5) is 42.1. The molecule has 35 heavy (non-hydrogen) atoms. The van der Waals surface area contributed by atoms with Crippen LogP contribution in [-0.2, 0) is 20.0 Å². The van der Waals surface area contributed by atoms with Gasteiger partial charge < -0.3 is 10.2 Å². The SMILES string of the molecule is CN1C(=O)C[C@@H](NC(=O)c2ccc(C3=NOC(c4cc(Cl)cc(Cl)c4)(C(F)(F)F)C3)cc2Cl)C1=O. The predicted octanol–water partition coefficient (Wildman–Crippen LogP) is 4.72. The molecular formula is C22H15Cl3F3N3O4. The van der Waals surface area contributed by atoms with Gasteiger partial charge in [0.2, 0.25) is 5.91 Å². The van der Waals surface area contributed by atoms with Gasteiger partial charge in [-0.2, -0.15) is 13.2 Å². The van der Waals surface area contributed by atoms with Crippen molar-refractivity contribution in [1.29, 1.82) is 0 Å². The molecule has 4 rings (SSSR count).